The third-order valence-electron chi connectivity index (χ3n) is 4.39. The molecule has 3 aromatic rings. The van der Waals surface area contributed by atoms with Crippen LogP contribution < -0.4 is 25.3 Å². The highest BCUT2D eigenvalue weighted by atomic mass is 32.1. The Morgan fingerprint density at radius 1 is 1.10 bits per heavy atom. The Morgan fingerprint density at radius 3 is 2.52 bits per heavy atom. The number of ether oxygens (including phenoxy) is 3. The smallest absolute Gasteiger partial charge is 0.210 e. The van der Waals surface area contributed by atoms with E-state index in [0.29, 0.717) is 27.1 Å². The number of nitrogens with one attached hydrogen (secondary N) is 1. The molecule has 0 atom stereocenters. The van der Waals surface area contributed by atoms with Crippen molar-refractivity contribution < 1.29 is 19.0 Å². The number of nitrogen functional groups attached to an aromatic ring is 1. The van der Waals surface area contributed by atoms with Gasteiger partial charge in [0.2, 0.25) is 11.5 Å². The van der Waals surface area contributed by atoms with E-state index in [1.165, 1.54) is 38.2 Å². The van der Waals surface area contributed by atoms with Crippen LogP contribution in [0.2, 0.25) is 0 Å². The van der Waals surface area contributed by atoms with E-state index < -0.39 is 0 Å². The number of thiazole rings is 1. The first-order valence-electron chi connectivity index (χ1n) is 8.98. The molecule has 3 N–H and O–H groups in total. The van der Waals surface area contributed by atoms with Gasteiger partial charge in [-0.25, -0.2) is 4.98 Å². The number of carbonyl (C=O) groups excluding carboxylic acids is 1. The van der Waals surface area contributed by atoms with E-state index in [9.17, 15) is 4.79 Å². The van der Waals surface area contributed by atoms with Crippen LogP contribution in [0.5, 0.6) is 17.2 Å². The number of methoxy groups -OCH3 is 3. The summed E-state index contributed by atoms with van der Waals surface area (Å²) in [6, 6.07) is 11.3. The number of rotatable bonds is 8. The van der Waals surface area contributed by atoms with Gasteiger partial charge in [0.25, 0.3) is 0 Å². The van der Waals surface area contributed by atoms with Crippen molar-refractivity contribution in [3.63, 3.8) is 0 Å². The zero-order chi connectivity index (χ0) is 21.0. The molecular formula is C21H23N3O4S. The van der Waals surface area contributed by atoms with Crippen molar-refractivity contribution in [3.05, 3.63) is 52.4 Å². The molecule has 0 fully saturated rings. The lowest BCUT2D eigenvalue weighted by Crippen LogP contribution is -2.06. The van der Waals surface area contributed by atoms with Gasteiger partial charge in [-0.15, -0.1) is 0 Å². The highest BCUT2D eigenvalue weighted by Crippen LogP contribution is 2.41. The lowest BCUT2D eigenvalue weighted by Gasteiger charge is -2.14. The number of hydrogen-bond acceptors (Lipinski definition) is 8. The normalized spacial score (nSPS) is 10.5. The number of ketones is 1. The number of benzene rings is 2. The summed E-state index contributed by atoms with van der Waals surface area (Å²) in [6.45, 7) is 2.09. The minimum Gasteiger partial charge on any atom is -0.493 e. The summed E-state index contributed by atoms with van der Waals surface area (Å²) < 4.78 is 16.1. The lowest BCUT2D eigenvalue weighted by molar-refractivity contribution is 0.103. The maximum Gasteiger partial charge on any atom is 0.210 e. The van der Waals surface area contributed by atoms with Crippen molar-refractivity contribution >= 4 is 33.8 Å². The van der Waals surface area contributed by atoms with Crippen molar-refractivity contribution in [2.45, 2.75) is 13.3 Å². The Hall–Kier alpha value is -3.26. The van der Waals surface area contributed by atoms with Gasteiger partial charge in [-0.3, -0.25) is 4.79 Å². The molecule has 29 heavy (non-hydrogen) atoms. The van der Waals surface area contributed by atoms with Gasteiger partial charge in [-0.05, 0) is 36.2 Å². The van der Waals surface area contributed by atoms with Gasteiger partial charge in [0, 0.05) is 5.69 Å². The summed E-state index contributed by atoms with van der Waals surface area (Å²) in [7, 11) is 4.48. The van der Waals surface area contributed by atoms with Gasteiger partial charge >= 0.3 is 0 Å². The van der Waals surface area contributed by atoms with Crippen molar-refractivity contribution in [1.82, 2.24) is 4.98 Å². The second-order valence-corrected chi connectivity index (χ2v) is 7.12. The van der Waals surface area contributed by atoms with Crippen LogP contribution in [0, 0.1) is 0 Å². The molecule has 0 aliphatic rings. The molecule has 0 unspecified atom stereocenters. The summed E-state index contributed by atoms with van der Waals surface area (Å²) in [4.78, 5) is 17.8. The van der Waals surface area contributed by atoms with Crippen LogP contribution in [0.1, 0.15) is 27.7 Å². The Morgan fingerprint density at radius 2 is 1.86 bits per heavy atom. The van der Waals surface area contributed by atoms with Gasteiger partial charge < -0.3 is 25.3 Å². The van der Waals surface area contributed by atoms with E-state index in [2.05, 4.69) is 23.3 Å². The molecule has 0 amide bonds. The van der Waals surface area contributed by atoms with Gasteiger partial charge in [0.1, 0.15) is 10.7 Å². The number of carbonyl (C=O) groups is 1. The van der Waals surface area contributed by atoms with Gasteiger partial charge in [-0.1, -0.05) is 30.4 Å². The number of nitrogens with two attached hydrogens (primary N) is 1. The van der Waals surface area contributed by atoms with Crippen LogP contribution in [0.3, 0.4) is 0 Å². The van der Waals surface area contributed by atoms with E-state index in [1.807, 2.05) is 18.2 Å². The molecule has 2 aromatic carbocycles. The standard InChI is InChI=1S/C21H23N3O4S/c1-5-12-7-6-8-13(11-12)23-21-24-20(22)19(29-21)16(25)14-9-10-15(26-2)18(28-4)17(14)27-3/h6-11H,5,22H2,1-4H3,(H,23,24). The first kappa shape index (κ1) is 20.5. The molecule has 0 saturated heterocycles. The van der Waals surface area contributed by atoms with Crippen LogP contribution in [-0.4, -0.2) is 32.1 Å². The number of nitrogens with zero attached hydrogens (tertiary/aromatic N) is 1. The predicted molar refractivity (Wildman–Crippen MR) is 115 cm³/mol. The second kappa shape index (κ2) is 8.83. The molecule has 0 aliphatic carbocycles. The SMILES string of the molecule is CCc1cccc(Nc2nc(N)c(C(=O)c3ccc(OC)c(OC)c3OC)s2)c1. The maximum atomic E-state index is 13.2. The Kier molecular flexibility index (Phi) is 6.23. The van der Waals surface area contributed by atoms with Gasteiger partial charge in [0.15, 0.2) is 16.6 Å². The molecule has 7 nitrogen and oxygen atoms in total. The fourth-order valence-electron chi connectivity index (χ4n) is 2.94. The highest BCUT2D eigenvalue weighted by molar-refractivity contribution is 7.18. The number of hydrogen-bond donors (Lipinski definition) is 2. The number of anilines is 3. The highest BCUT2D eigenvalue weighted by Gasteiger charge is 2.25. The molecule has 0 bridgehead atoms. The molecule has 152 valence electrons. The molecule has 0 spiro atoms. The fourth-order valence-corrected chi connectivity index (χ4v) is 3.80. The Labute approximate surface area is 173 Å². The average Bonchev–Trinajstić information content (AvgIpc) is 3.11. The number of aryl methyl sites for hydroxylation is 1. The molecule has 1 heterocycles. The summed E-state index contributed by atoms with van der Waals surface area (Å²) in [5.74, 6) is 0.962. The summed E-state index contributed by atoms with van der Waals surface area (Å²) in [5.41, 5.74) is 8.46. The Balaban J connectivity index is 1.94. The van der Waals surface area contributed by atoms with Crippen LogP contribution in [0.15, 0.2) is 36.4 Å². The minimum absolute atomic E-state index is 0.158. The van der Waals surface area contributed by atoms with Crippen molar-refractivity contribution in [1.29, 1.82) is 0 Å². The van der Waals surface area contributed by atoms with Crippen LogP contribution in [0.4, 0.5) is 16.6 Å². The van der Waals surface area contributed by atoms with Gasteiger partial charge in [-0.2, -0.15) is 0 Å². The van der Waals surface area contributed by atoms with E-state index in [1.54, 1.807) is 12.1 Å². The Bertz CT molecular complexity index is 1030. The van der Waals surface area contributed by atoms with E-state index in [0.717, 1.165) is 12.1 Å². The topological polar surface area (TPSA) is 95.7 Å². The fraction of sp³-hybridized carbons (Fsp3) is 0.238. The van der Waals surface area contributed by atoms with Crippen LogP contribution in [-0.2, 0) is 6.42 Å². The first-order chi connectivity index (χ1) is 14.0. The summed E-state index contributed by atoms with van der Waals surface area (Å²) in [5, 5.41) is 3.76. The van der Waals surface area contributed by atoms with Gasteiger partial charge in [0.05, 0.1) is 26.9 Å². The van der Waals surface area contributed by atoms with E-state index >= 15 is 0 Å². The largest absolute Gasteiger partial charge is 0.493 e. The second-order valence-electron chi connectivity index (χ2n) is 6.12. The zero-order valence-corrected chi connectivity index (χ0v) is 17.6. The number of aromatic nitrogens is 1. The molecule has 0 saturated carbocycles. The molecular weight excluding hydrogens is 390 g/mol. The molecule has 3 rings (SSSR count). The monoisotopic (exact) mass is 413 g/mol. The van der Waals surface area contributed by atoms with Crippen molar-refractivity contribution in [2.75, 3.05) is 32.4 Å². The van der Waals surface area contributed by atoms with Crippen LogP contribution in [0.25, 0.3) is 0 Å². The lowest BCUT2D eigenvalue weighted by atomic mass is 10.1. The summed E-state index contributed by atoms with van der Waals surface area (Å²) >= 11 is 1.19. The quantitative estimate of drug-likeness (QED) is 0.532. The molecule has 1 aromatic heterocycles. The molecule has 8 heteroatoms. The molecule has 0 aliphatic heterocycles. The zero-order valence-electron chi connectivity index (χ0n) is 16.7. The minimum atomic E-state index is -0.298. The summed E-state index contributed by atoms with van der Waals surface area (Å²) in [6.07, 6.45) is 0.929. The van der Waals surface area contributed by atoms with Crippen LogP contribution >= 0.6 is 11.3 Å². The van der Waals surface area contributed by atoms with Crippen molar-refractivity contribution in [3.8, 4) is 17.2 Å². The van der Waals surface area contributed by atoms with E-state index in [-0.39, 0.29) is 17.4 Å². The molecule has 0 radical (unpaired) electrons. The maximum absolute atomic E-state index is 13.2. The third-order valence-corrected chi connectivity index (χ3v) is 5.38. The average molecular weight is 413 g/mol. The predicted octanol–water partition coefficient (Wildman–Crippen LogP) is 4.29. The van der Waals surface area contributed by atoms with E-state index in [4.69, 9.17) is 19.9 Å². The van der Waals surface area contributed by atoms with Crippen molar-refractivity contribution in [2.24, 2.45) is 0 Å². The first-order valence-corrected chi connectivity index (χ1v) is 9.79. The third kappa shape index (κ3) is 4.12.